The molecule has 0 fully saturated rings. The summed E-state index contributed by atoms with van der Waals surface area (Å²) < 4.78 is 38.5. The summed E-state index contributed by atoms with van der Waals surface area (Å²) in [6.07, 6.45) is 18.1. The molecule has 0 bridgehead atoms. The highest BCUT2D eigenvalue weighted by Crippen LogP contribution is 2.29. The lowest BCUT2D eigenvalue weighted by atomic mass is 10.0. The molecular formula is C28H42F3NO. The first-order chi connectivity index (χ1) is 15.8. The Morgan fingerprint density at radius 1 is 0.939 bits per heavy atom. The predicted molar refractivity (Wildman–Crippen MR) is 132 cm³/mol. The van der Waals surface area contributed by atoms with E-state index in [-0.39, 0.29) is 11.9 Å². The van der Waals surface area contributed by atoms with Crippen molar-refractivity contribution >= 4 is 5.91 Å². The Kier molecular flexibility index (Phi) is 15.3. The third-order valence-electron chi connectivity index (χ3n) is 5.56. The number of unbranched alkanes of at least 4 members (excludes halogenated alkanes) is 8. The number of amides is 1. The molecule has 5 heteroatoms. The second kappa shape index (κ2) is 17.4. The van der Waals surface area contributed by atoms with E-state index in [1.807, 2.05) is 6.92 Å². The Morgan fingerprint density at radius 3 is 2.24 bits per heavy atom. The van der Waals surface area contributed by atoms with Gasteiger partial charge in [0.1, 0.15) is 0 Å². The Labute approximate surface area is 198 Å². The molecule has 0 radical (unpaired) electrons. The van der Waals surface area contributed by atoms with Crippen LogP contribution in [0.2, 0.25) is 0 Å². The van der Waals surface area contributed by atoms with E-state index < -0.39 is 11.7 Å². The van der Waals surface area contributed by atoms with E-state index >= 15 is 0 Å². The molecule has 1 unspecified atom stereocenters. The smallest absolute Gasteiger partial charge is 0.353 e. The highest BCUT2D eigenvalue weighted by molar-refractivity contribution is 5.76. The van der Waals surface area contributed by atoms with E-state index in [1.165, 1.54) is 44.6 Å². The molecule has 1 aromatic rings. The maximum atomic E-state index is 12.8. The zero-order valence-corrected chi connectivity index (χ0v) is 20.4. The van der Waals surface area contributed by atoms with Crippen LogP contribution in [0.1, 0.15) is 102 Å². The minimum absolute atomic E-state index is 0.0276. The SMILES string of the molecule is CCCCC/C=C\C/C=C\CCCCCCCC(=O)NC(C)Cc1cccc(C(F)(F)F)c1. The van der Waals surface area contributed by atoms with Crippen LogP contribution in [0.3, 0.4) is 0 Å². The molecule has 0 spiro atoms. The van der Waals surface area contributed by atoms with Crippen molar-refractivity contribution < 1.29 is 18.0 Å². The fraction of sp³-hybridized carbons (Fsp3) is 0.607. The van der Waals surface area contributed by atoms with Crippen LogP contribution in [0.5, 0.6) is 0 Å². The third-order valence-corrected chi connectivity index (χ3v) is 5.56. The van der Waals surface area contributed by atoms with E-state index in [9.17, 15) is 18.0 Å². The molecule has 0 saturated carbocycles. The molecule has 1 atom stereocenters. The molecule has 1 N–H and O–H groups in total. The van der Waals surface area contributed by atoms with Gasteiger partial charge in [-0.15, -0.1) is 0 Å². The molecule has 1 aromatic carbocycles. The Bertz CT molecular complexity index is 709. The summed E-state index contributed by atoms with van der Waals surface area (Å²) in [6.45, 7) is 4.05. The molecule has 33 heavy (non-hydrogen) atoms. The van der Waals surface area contributed by atoms with Crippen molar-refractivity contribution in [2.24, 2.45) is 0 Å². The van der Waals surface area contributed by atoms with Crippen LogP contribution in [-0.2, 0) is 17.4 Å². The summed E-state index contributed by atoms with van der Waals surface area (Å²) in [7, 11) is 0. The maximum absolute atomic E-state index is 12.8. The molecule has 0 heterocycles. The van der Waals surface area contributed by atoms with Gasteiger partial charge in [0.2, 0.25) is 5.91 Å². The number of hydrogen-bond acceptors (Lipinski definition) is 1. The van der Waals surface area contributed by atoms with Gasteiger partial charge in [-0.1, -0.05) is 81.5 Å². The number of alkyl halides is 3. The van der Waals surface area contributed by atoms with Crippen molar-refractivity contribution in [2.75, 3.05) is 0 Å². The van der Waals surface area contributed by atoms with Gasteiger partial charge in [0.05, 0.1) is 5.56 Å². The predicted octanol–water partition coefficient (Wildman–Crippen LogP) is 8.57. The fourth-order valence-corrected chi connectivity index (χ4v) is 3.72. The molecule has 186 valence electrons. The minimum Gasteiger partial charge on any atom is -0.353 e. The van der Waals surface area contributed by atoms with Gasteiger partial charge in [0, 0.05) is 12.5 Å². The Hall–Kier alpha value is -2.04. The zero-order valence-electron chi connectivity index (χ0n) is 20.4. The first kappa shape index (κ1) is 29.0. The van der Waals surface area contributed by atoms with Gasteiger partial charge in [-0.3, -0.25) is 4.79 Å². The lowest BCUT2D eigenvalue weighted by Crippen LogP contribution is -2.33. The van der Waals surface area contributed by atoms with Gasteiger partial charge in [-0.2, -0.15) is 13.2 Å². The molecule has 2 nitrogen and oxygen atoms in total. The number of benzene rings is 1. The average molecular weight is 466 g/mol. The molecule has 0 aliphatic rings. The minimum atomic E-state index is -4.34. The zero-order chi connectivity index (χ0) is 24.4. The topological polar surface area (TPSA) is 29.1 Å². The average Bonchev–Trinajstić information content (AvgIpc) is 2.76. The molecule has 0 aliphatic carbocycles. The largest absolute Gasteiger partial charge is 0.416 e. The van der Waals surface area contributed by atoms with Gasteiger partial charge in [0.15, 0.2) is 0 Å². The lowest BCUT2D eigenvalue weighted by Gasteiger charge is -2.15. The van der Waals surface area contributed by atoms with Crippen molar-refractivity contribution in [1.82, 2.24) is 5.32 Å². The summed E-state index contributed by atoms with van der Waals surface area (Å²) in [4.78, 5) is 12.1. The van der Waals surface area contributed by atoms with Crippen LogP contribution in [-0.4, -0.2) is 11.9 Å². The van der Waals surface area contributed by atoms with Gasteiger partial charge >= 0.3 is 6.18 Å². The summed E-state index contributed by atoms with van der Waals surface area (Å²) in [5, 5.41) is 2.90. The Morgan fingerprint density at radius 2 is 1.58 bits per heavy atom. The monoisotopic (exact) mass is 465 g/mol. The van der Waals surface area contributed by atoms with E-state index in [0.29, 0.717) is 18.4 Å². The van der Waals surface area contributed by atoms with Crippen LogP contribution in [0, 0.1) is 0 Å². The van der Waals surface area contributed by atoms with E-state index in [1.54, 1.807) is 6.07 Å². The van der Waals surface area contributed by atoms with Gasteiger partial charge in [0.25, 0.3) is 0 Å². The second-order valence-electron chi connectivity index (χ2n) is 8.85. The molecular weight excluding hydrogens is 423 g/mol. The molecule has 0 aromatic heterocycles. The molecule has 0 saturated heterocycles. The number of rotatable bonds is 17. The van der Waals surface area contributed by atoms with E-state index in [2.05, 4.69) is 36.5 Å². The second-order valence-corrected chi connectivity index (χ2v) is 8.85. The quantitative estimate of drug-likeness (QED) is 0.181. The number of allylic oxidation sites excluding steroid dienone is 4. The van der Waals surface area contributed by atoms with Crippen LogP contribution in [0.25, 0.3) is 0 Å². The summed E-state index contributed by atoms with van der Waals surface area (Å²) >= 11 is 0. The number of hydrogen-bond donors (Lipinski definition) is 1. The van der Waals surface area contributed by atoms with E-state index in [4.69, 9.17) is 0 Å². The lowest BCUT2D eigenvalue weighted by molar-refractivity contribution is -0.137. The first-order valence-corrected chi connectivity index (χ1v) is 12.6. The van der Waals surface area contributed by atoms with Crippen molar-refractivity contribution in [2.45, 2.75) is 110 Å². The van der Waals surface area contributed by atoms with Gasteiger partial charge in [-0.25, -0.2) is 0 Å². The van der Waals surface area contributed by atoms with Crippen molar-refractivity contribution in [1.29, 1.82) is 0 Å². The third kappa shape index (κ3) is 15.4. The highest BCUT2D eigenvalue weighted by atomic mass is 19.4. The van der Waals surface area contributed by atoms with Crippen molar-refractivity contribution in [3.05, 3.63) is 59.7 Å². The highest BCUT2D eigenvalue weighted by Gasteiger charge is 2.30. The normalized spacial score (nSPS) is 13.1. The number of carbonyl (C=O) groups is 1. The van der Waals surface area contributed by atoms with E-state index in [0.717, 1.165) is 44.2 Å². The first-order valence-electron chi connectivity index (χ1n) is 12.6. The van der Waals surface area contributed by atoms with Crippen LogP contribution in [0.15, 0.2) is 48.6 Å². The summed E-state index contributed by atoms with van der Waals surface area (Å²) in [6, 6.07) is 5.10. The number of nitrogens with one attached hydrogen (secondary N) is 1. The number of halogens is 3. The summed E-state index contributed by atoms with van der Waals surface area (Å²) in [5.74, 6) is -0.0276. The fourth-order valence-electron chi connectivity index (χ4n) is 3.72. The van der Waals surface area contributed by atoms with Gasteiger partial charge in [-0.05, 0) is 63.5 Å². The number of carbonyl (C=O) groups excluding carboxylic acids is 1. The van der Waals surface area contributed by atoms with Crippen LogP contribution < -0.4 is 5.32 Å². The molecule has 1 amide bonds. The van der Waals surface area contributed by atoms with Crippen molar-refractivity contribution in [3.63, 3.8) is 0 Å². The Balaban J connectivity index is 2.05. The molecule has 1 rings (SSSR count). The van der Waals surface area contributed by atoms with Crippen LogP contribution in [0.4, 0.5) is 13.2 Å². The van der Waals surface area contributed by atoms with Crippen molar-refractivity contribution in [3.8, 4) is 0 Å². The maximum Gasteiger partial charge on any atom is 0.416 e. The standard InChI is InChI=1S/C28H42F3NO/c1-3-4-5-6-7-8-9-10-11-12-13-14-15-16-17-21-27(33)32-24(2)22-25-19-18-20-26(23-25)28(29,30)31/h7-8,10-11,18-20,23-24H,3-6,9,12-17,21-22H2,1-2H3,(H,32,33)/b8-7-,11-10-. The van der Waals surface area contributed by atoms with Gasteiger partial charge < -0.3 is 5.32 Å². The van der Waals surface area contributed by atoms with Crippen LogP contribution >= 0.6 is 0 Å². The summed E-state index contributed by atoms with van der Waals surface area (Å²) in [5.41, 5.74) is -0.0710. The molecule has 0 aliphatic heterocycles.